The van der Waals surface area contributed by atoms with E-state index in [9.17, 15) is 0 Å². The maximum atomic E-state index is 6.36. The molecule has 27 heavy (non-hydrogen) atoms. The van der Waals surface area contributed by atoms with Gasteiger partial charge in [0.1, 0.15) is 5.75 Å². The van der Waals surface area contributed by atoms with E-state index < -0.39 is 0 Å². The van der Waals surface area contributed by atoms with Crippen molar-refractivity contribution in [3.05, 3.63) is 74.6 Å². The summed E-state index contributed by atoms with van der Waals surface area (Å²) < 4.78 is 5.37. The van der Waals surface area contributed by atoms with Gasteiger partial charge in [0, 0.05) is 40.0 Å². The van der Waals surface area contributed by atoms with E-state index in [1.807, 2.05) is 23.5 Å². The first-order valence-corrected chi connectivity index (χ1v) is 10.6. The molecule has 0 atom stereocenters. The van der Waals surface area contributed by atoms with Gasteiger partial charge in [0.25, 0.3) is 0 Å². The van der Waals surface area contributed by atoms with E-state index in [0.29, 0.717) is 10.0 Å². The van der Waals surface area contributed by atoms with Gasteiger partial charge >= 0.3 is 0 Å². The summed E-state index contributed by atoms with van der Waals surface area (Å²) >= 11 is 14.2. The zero-order chi connectivity index (χ0) is 18.8. The molecule has 0 unspecified atom stereocenters. The van der Waals surface area contributed by atoms with Gasteiger partial charge in [-0.15, -0.1) is 11.3 Å². The van der Waals surface area contributed by atoms with Gasteiger partial charge in [-0.25, -0.2) is 0 Å². The van der Waals surface area contributed by atoms with E-state index in [1.165, 1.54) is 20.9 Å². The van der Waals surface area contributed by atoms with Crippen LogP contribution in [0.5, 0.6) is 5.75 Å². The van der Waals surface area contributed by atoms with Crippen molar-refractivity contribution in [1.29, 1.82) is 0 Å². The third-order valence-corrected chi connectivity index (χ3v) is 6.70. The Bertz CT molecular complexity index is 953. The number of halogens is 2. The van der Waals surface area contributed by atoms with Gasteiger partial charge in [0.05, 0.1) is 12.1 Å². The van der Waals surface area contributed by atoms with Crippen molar-refractivity contribution in [3.8, 4) is 16.2 Å². The van der Waals surface area contributed by atoms with Crippen LogP contribution in [0.3, 0.4) is 0 Å². The molecule has 0 aliphatic carbocycles. The monoisotopic (exact) mass is 417 g/mol. The topological polar surface area (TPSA) is 12.5 Å². The maximum Gasteiger partial charge on any atom is 0.119 e. The molecule has 3 aromatic rings. The van der Waals surface area contributed by atoms with E-state index in [4.69, 9.17) is 27.9 Å². The van der Waals surface area contributed by atoms with Crippen LogP contribution in [0.2, 0.25) is 10.0 Å². The summed E-state index contributed by atoms with van der Waals surface area (Å²) in [4.78, 5) is 5.08. The Labute approximate surface area is 174 Å². The molecule has 2 nitrogen and oxygen atoms in total. The fourth-order valence-corrected chi connectivity index (χ4v) is 5.21. The zero-order valence-corrected chi connectivity index (χ0v) is 17.5. The van der Waals surface area contributed by atoms with Gasteiger partial charge in [0.15, 0.2) is 0 Å². The smallest absolute Gasteiger partial charge is 0.119 e. The molecule has 0 saturated heterocycles. The number of methoxy groups -OCH3 is 1. The summed E-state index contributed by atoms with van der Waals surface area (Å²) in [6, 6.07) is 16.5. The van der Waals surface area contributed by atoms with Crippen LogP contribution >= 0.6 is 34.5 Å². The number of benzene rings is 2. The Kier molecular flexibility index (Phi) is 5.74. The first-order chi connectivity index (χ1) is 13.1. The summed E-state index contributed by atoms with van der Waals surface area (Å²) in [5.41, 5.74) is 3.91. The lowest BCUT2D eigenvalue weighted by atomic mass is 10.0. The molecular formula is C22H21Cl2NOS. The summed E-state index contributed by atoms with van der Waals surface area (Å²) in [5.74, 6) is 0.949. The minimum atomic E-state index is 0.668. The van der Waals surface area contributed by atoms with E-state index in [1.54, 1.807) is 13.2 Å². The quantitative estimate of drug-likeness (QED) is 0.491. The molecule has 0 fully saturated rings. The number of thiophene rings is 1. The second-order valence-electron chi connectivity index (χ2n) is 6.80. The van der Waals surface area contributed by atoms with Gasteiger partial charge in [-0.1, -0.05) is 35.3 Å². The average Bonchev–Trinajstić information content (AvgIpc) is 3.02. The van der Waals surface area contributed by atoms with Crippen LogP contribution in [-0.2, 0) is 19.4 Å². The number of hydrogen-bond acceptors (Lipinski definition) is 3. The fraction of sp³-hybridized carbons (Fsp3) is 0.273. The number of hydrogen-bond donors (Lipinski definition) is 0. The molecule has 4 rings (SSSR count). The normalized spacial score (nSPS) is 14.6. The van der Waals surface area contributed by atoms with Gasteiger partial charge in [-0.3, -0.25) is 4.90 Å². The molecule has 0 radical (unpaired) electrons. The van der Waals surface area contributed by atoms with Crippen molar-refractivity contribution >= 4 is 34.5 Å². The van der Waals surface area contributed by atoms with Gasteiger partial charge in [-0.05, 0) is 60.4 Å². The predicted octanol–water partition coefficient (Wildman–Crippen LogP) is 6.33. The minimum Gasteiger partial charge on any atom is -0.497 e. The molecule has 2 heterocycles. The van der Waals surface area contributed by atoms with E-state index in [-0.39, 0.29) is 0 Å². The summed E-state index contributed by atoms with van der Waals surface area (Å²) in [7, 11) is 1.73. The Morgan fingerprint density at radius 2 is 1.78 bits per heavy atom. The van der Waals surface area contributed by atoms with Crippen LogP contribution in [0.15, 0.2) is 48.5 Å². The molecule has 0 saturated carbocycles. The third-order valence-electron chi connectivity index (χ3n) is 5.05. The average molecular weight is 418 g/mol. The lowest BCUT2D eigenvalue weighted by Gasteiger charge is -2.18. The SMILES string of the molecule is COc1ccc2c(c1)CCN(Cc1ccc(-c3ccc(Cl)cc3Cl)s1)CC2. The van der Waals surface area contributed by atoms with Crippen LogP contribution in [0.1, 0.15) is 16.0 Å². The van der Waals surface area contributed by atoms with Gasteiger partial charge < -0.3 is 4.74 Å². The fourth-order valence-electron chi connectivity index (χ4n) is 3.55. The van der Waals surface area contributed by atoms with Crippen LogP contribution in [-0.4, -0.2) is 25.1 Å². The van der Waals surface area contributed by atoms with Gasteiger partial charge in [-0.2, -0.15) is 0 Å². The lowest BCUT2D eigenvalue weighted by molar-refractivity contribution is 0.281. The number of fused-ring (bicyclic) bond motifs is 1. The number of rotatable bonds is 4. The Morgan fingerprint density at radius 1 is 0.963 bits per heavy atom. The summed E-state index contributed by atoms with van der Waals surface area (Å²) in [6.45, 7) is 3.12. The first-order valence-electron chi connectivity index (χ1n) is 9.04. The molecule has 5 heteroatoms. The van der Waals surface area contributed by atoms with Crippen LogP contribution in [0, 0.1) is 0 Å². The van der Waals surface area contributed by atoms with Crippen molar-refractivity contribution < 1.29 is 4.74 Å². The second-order valence-corrected chi connectivity index (χ2v) is 8.81. The largest absolute Gasteiger partial charge is 0.497 e. The van der Waals surface area contributed by atoms with E-state index in [2.05, 4.69) is 35.2 Å². The molecular weight excluding hydrogens is 397 g/mol. The molecule has 1 aliphatic rings. The van der Waals surface area contributed by atoms with Crippen molar-refractivity contribution in [2.24, 2.45) is 0 Å². The Balaban J connectivity index is 1.45. The van der Waals surface area contributed by atoms with E-state index in [0.717, 1.165) is 43.8 Å². The van der Waals surface area contributed by atoms with Crippen LogP contribution in [0.4, 0.5) is 0 Å². The molecule has 0 amide bonds. The summed E-state index contributed by atoms with van der Waals surface area (Å²) in [6.07, 6.45) is 2.15. The first kappa shape index (κ1) is 18.8. The lowest BCUT2D eigenvalue weighted by Crippen LogP contribution is -2.25. The predicted molar refractivity (Wildman–Crippen MR) is 115 cm³/mol. The Morgan fingerprint density at radius 3 is 2.56 bits per heavy atom. The molecule has 0 bridgehead atoms. The minimum absolute atomic E-state index is 0.668. The standard InChI is InChI=1S/C22H21Cl2NOS/c1-26-18-4-2-15-8-10-25(11-9-16(15)12-18)14-19-5-7-22(27-19)20-6-3-17(23)13-21(20)24/h2-7,12-13H,8-11,14H2,1H3. The molecule has 0 spiro atoms. The van der Waals surface area contributed by atoms with Crippen LogP contribution in [0.25, 0.3) is 10.4 Å². The third kappa shape index (κ3) is 4.33. The summed E-state index contributed by atoms with van der Waals surface area (Å²) in [5, 5.41) is 1.37. The zero-order valence-electron chi connectivity index (χ0n) is 15.2. The van der Waals surface area contributed by atoms with Crippen LogP contribution < -0.4 is 4.74 Å². The number of nitrogens with zero attached hydrogens (tertiary/aromatic N) is 1. The highest BCUT2D eigenvalue weighted by Crippen LogP contribution is 2.35. The molecule has 140 valence electrons. The molecule has 2 aromatic carbocycles. The van der Waals surface area contributed by atoms with Gasteiger partial charge in [0.2, 0.25) is 0 Å². The number of ether oxygens (including phenoxy) is 1. The maximum absolute atomic E-state index is 6.36. The highest BCUT2D eigenvalue weighted by Gasteiger charge is 2.16. The molecule has 1 aliphatic heterocycles. The second kappa shape index (κ2) is 8.24. The highest BCUT2D eigenvalue weighted by molar-refractivity contribution is 7.15. The Hall–Kier alpha value is -1.52. The highest BCUT2D eigenvalue weighted by atomic mass is 35.5. The van der Waals surface area contributed by atoms with Crippen molar-refractivity contribution in [2.75, 3.05) is 20.2 Å². The van der Waals surface area contributed by atoms with Crippen molar-refractivity contribution in [1.82, 2.24) is 4.90 Å². The molecule has 1 aromatic heterocycles. The van der Waals surface area contributed by atoms with Crippen molar-refractivity contribution in [3.63, 3.8) is 0 Å². The van der Waals surface area contributed by atoms with E-state index >= 15 is 0 Å². The van der Waals surface area contributed by atoms with Crippen molar-refractivity contribution in [2.45, 2.75) is 19.4 Å². The molecule has 0 N–H and O–H groups in total.